The van der Waals surface area contributed by atoms with Gasteiger partial charge in [0.1, 0.15) is 0 Å². The van der Waals surface area contributed by atoms with E-state index in [1.165, 1.54) is 32.0 Å². The van der Waals surface area contributed by atoms with Gasteiger partial charge < -0.3 is 0 Å². The second kappa shape index (κ2) is 12.6. The molecule has 0 fully saturated rings. The molecule has 2 nitrogen and oxygen atoms in total. The number of nitrogens with zero attached hydrogens (tertiary/aromatic N) is 2. The zero-order chi connectivity index (χ0) is 33.5. The highest BCUT2D eigenvalue weighted by Gasteiger charge is 2.22. The number of thiophene rings is 1. The first kappa shape index (κ1) is 31.7. The normalized spacial score (nSPS) is 12.4. The van der Waals surface area contributed by atoms with Crippen LogP contribution < -0.4 is 0 Å². The lowest BCUT2D eigenvalue weighted by molar-refractivity contribution is 0.517. The highest BCUT2D eigenvalue weighted by molar-refractivity contribution is 7.15. The lowest BCUT2D eigenvalue weighted by Crippen LogP contribution is -2.13. The van der Waals surface area contributed by atoms with Gasteiger partial charge in [0.05, 0.1) is 21.6 Å². The van der Waals surface area contributed by atoms with Crippen LogP contribution >= 0.6 is 11.3 Å². The summed E-state index contributed by atoms with van der Waals surface area (Å²) in [5, 5.41) is 2.32. The van der Waals surface area contributed by atoms with Crippen molar-refractivity contribution < 1.29 is 0 Å². The van der Waals surface area contributed by atoms with E-state index in [2.05, 4.69) is 175 Å². The predicted octanol–water partition coefficient (Wildman–Crippen LogP) is 13.0. The summed E-state index contributed by atoms with van der Waals surface area (Å²) in [5.41, 5.74) is 11.4. The van der Waals surface area contributed by atoms with E-state index in [1.54, 1.807) is 0 Å². The van der Waals surface area contributed by atoms with Crippen molar-refractivity contribution in [2.24, 2.45) is 0 Å². The van der Waals surface area contributed by atoms with Crippen molar-refractivity contribution in [1.29, 1.82) is 0 Å². The quantitative estimate of drug-likeness (QED) is 0.162. The van der Waals surface area contributed by atoms with Crippen molar-refractivity contribution in [2.75, 3.05) is 0 Å². The summed E-state index contributed by atoms with van der Waals surface area (Å²) < 4.78 is 0. The summed E-state index contributed by atoms with van der Waals surface area (Å²) >= 11 is 1.86. The van der Waals surface area contributed by atoms with Crippen LogP contribution in [-0.4, -0.2) is 9.97 Å². The van der Waals surface area contributed by atoms with E-state index in [0.717, 1.165) is 50.7 Å². The molecule has 0 aliphatic carbocycles. The minimum atomic E-state index is -0.0424. The second-order valence-electron chi connectivity index (χ2n) is 14.4. The maximum absolute atomic E-state index is 5.19. The zero-order valence-electron chi connectivity index (χ0n) is 28.7. The number of pyridine rings is 2. The topological polar surface area (TPSA) is 25.8 Å². The molecule has 7 rings (SSSR count). The Morgan fingerprint density at radius 3 is 1.67 bits per heavy atom. The summed E-state index contributed by atoms with van der Waals surface area (Å²) in [4.78, 5) is 12.9. The standard InChI is InChI=1S/C45H42N2S/c1-7-45(5,6)43-25-24-41(48-43)40-28-34(32-14-10-8-11-15-32)36-26-30(20-22-38(36)46-40)18-19-31-21-23-39-37(27-31)35(33-16-12-9-13-17-33)29-42(47-39)44(2,3)4/h8-29H,7H2,1-6H3/b19-18+. The van der Waals surface area contributed by atoms with Crippen molar-refractivity contribution in [3.05, 3.63) is 143 Å². The Morgan fingerprint density at radius 2 is 1.12 bits per heavy atom. The van der Waals surface area contributed by atoms with Crippen molar-refractivity contribution in [2.45, 2.75) is 58.8 Å². The molecule has 48 heavy (non-hydrogen) atoms. The van der Waals surface area contributed by atoms with E-state index in [4.69, 9.17) is 9.97 Å². The third kappa shape index (κ3) is 6.35. The van der Waals surface area contributed by atoms with Gasteiger partial charge >= 0.3 is 0 Å². The van der Waals surface area contributed by atoms with Gasteiger partial charge in [-0.25, -0.2) is 4.98 Å². The van der Waals surface area contributed by atoms with Gasteiger partial charge in [0.15, 0.2) is 0 Å². The highest BCUT2D eigenvalue weighted by atomic mass is 32.1. The van der Waals surface area contributed by atoms with Gasteiger partial charge in [0.2, 0.25) is 0 Å². The molecule has 238 valence electrons. The van der Waals surface area contributed by atoms with Gasteiger partial charge in [-0.1, -0.05) is 126 Å². The molecule has 0 aliphatic heterocycles. The molecular weight excluding hydrogens is 601 g/mol. The molecule has 4 aromatic carbocycles. The Morgan fingerprint density at radius 1 is 0.583 bits per heavy atom. The van der Waals surface area contributed by atoms with Crippen molar-refractivity contribution in [3.8, 4) is 32.8 Å². The van der Waals surface area contributed by atoms with Crippen molar-refractivity contribution in [1.82, 2.24) is 9.97 Å². The molecule has 0 amide bonds. The number of hydrogen-bond donors (Lipinski definition) is 0. The van der Waals surface area contributed by atoms with E-state index in [0.29, 0.717) is 0 Å². The predicted molar refractivity (Wildman–Crippen MR) is 209 cm³/mol. The minimum absolute atomic E-state index is 0.0424. The molecule has 0 radical (unpaired) electrons. The summed E-state index contributed by atoms with van der Waals surface area (Å²) in [7, 11) is 0. The first-order valence-corrected chi connectivity index (χ1v) is 17.7. The molecule has 0 aliphatic rings. The van der Waals surface area contributed by atoms with Crippen LogP contribution in [0.3, 0.4) is 0 Å². The van der Waals surface area contributed by atoms with Gasteiger partial charge in [0.25, 0.3) is 0 Å². The maximum atomic E-state index is 5.19. The van der Waals surface area contributed by atoms with Crippen LogP contribution in [0, 0.1) is 0 Å². The van der Waals surface area contributed by atoms with Crippen LogP contribution in [0.5, 0.6) is 0 Å². The fraction of sp³-hybridized carbons (Fsp3) is 0.200. The lowest BCUT2D eigenvalue weighted by atomic mass is 9.88. The molecule has 0 saturated heterocycles. The molecule has 3 heteroatoms. The van der Waals surface area contributed by atoms with E-state index < -0.39 is 0 Å². The third-order valence-electron chi connectivity index (χ3n) is 9.48. The number of rotatable bonds is 7. The smallest absolute Gasteiger partial charge is 0.0815 e. The van der Waals surface area contributed by atoms with Gasteiger partial charge in [-0.05, 0) is 93.7 Å². The summed E-state index contributed by atoms with van der Waals surface area (Å²) in [6.45, 7) is 13.6. The number of aromatic nitrogens is 2. The SMILES string of the molecule is CCC(C)(C)c1ccc(-c2cc(-c3ccccc3)c3cc(/C=C/c4ccc5nc(C(C)(C)C)cc(-c6ccccc6)c5c4)ccc3n2)s1. The average Bonchev–Trinajstić information content (AvgIpc) is 3.62. The third-order valence-corrected chi connectivity index (χ3v) is 11.0. The summed E-state index contributed by atoms with van der Waals surface area (Å²) in [6, 6.07) is 43.6. The summed E-state index contributed by atoms with van der Waals surface area (Å²) in [5.74, 6) is 0. The fourth-order valence-corrected chi connectivity index (χ4v) is 7.26. The monoisotopic (exact) mass is 642 g/mol. The Labute approximate surface area is 288 Å². The summed E-state index contributed by atoms with van der Waals surface area (Å²) in [6.07, 6.45) is 5.52. The van der Waals surface area contributed by atoms with Crippen molar-refractivity contribution in [3.63, 3.8) is 0 Å². The van der Waals surface area contributed by atoms with E-state index >= 15 is 0 Å². The molecule has 0 bridgehead atoms. The first-order valence-electron chi connectivity index (χ1n) is 16.9. The van der Waals surface area contributed by atoms with Gasteiger partial charge in [-0.2, -0.15) is 0 Å². The van der Waals surface area contributed by atoms with Crippen LogP contribution in [0.25, 0.3) is 66.8 Å². The Kier molecular flexibility index (Phi) is 8.35. The Bertz CT molecular complexity index is 2270. The van der Waals surface area contributed by atoms with Crippen LogP contribution in [-0.2, 0) is 10.8 Å². The van der Waals surface area contributed by atoms with Gasteiger partial charge in [0, 0.05) is 26.8 Å². The van der Waals surface area contributed by atoms with E-state index in [-0.39, 0.29) is 10.8 Å². The second-order valence-corrected chi connectivity index (χ2v) is 15.5. The van der Waals surface area contributed by atoms with Gasteiger partial charge in [-0.15, -0.1) is 11.3 Å². The maximum Gasteiger partial charge on any atom is 0.0815 e. The number of fused-ring (bicyclic) bond motifs is 2. The van der Waals surface area contributed by atoms with Crippen molar-refractivity contribution >= 4 is 45.3 Å². The van der Waals surface area contributed by atoms with Crippen LogP contribution in [0.2, 0.25) is 0 Å². The van der Waals surface area contributed by atoms with Crippen LogP contribution in [0.15, 0.2) is 121 Å². The number of hydrogen-bond acceptors (Lipinski definition) is 3. The van der Waals surface area contributed by atoms with E-state index in [9.17, 15) is 0 Å². The fourth-order valence-electron chi connectivity index (χ4n) is 6.12. The number of benzene rings is 4. The molecular formula is C45H42N2S. The molecule has 0 N–H and O–H groups in total. The average molecular weight is 643 g/mol. The van der Waals surface area contributed by atoms with Gasteiger partial charge in [-0.3, -0.25) is 4.98 Å². The minimum Gasteiger partial charge on any atom is -0.252 e. The largest absolute Gasteiger partial charge is 0.252 e. The zero-order valence-corrected chi connectivity index (χ0v) is 29.5. The molecule has 3 heterocycles. The molecule has 0 atom stereocenters. The van der Waals surface area contributed by atoms with E-state index in [1.807, 2.05) is 11.3 Å². The lowest BCUT2D eigenvalue weighted by Gasteiger charge is -2.20. The molecule has 3 aromatic heterocycles. The molecule has 0 spiro atoms. The molecule has 7 aromatic rings. The molecule has 0 saturated carbocycles. The highest BCUT2D eigenvalue weighted by Crippen LogP contribution is 2.39. The Balaban J connectivity index is 1.29. The molecule has 0 unspecified atom stereocenters. The first-order chi connectivity index (χ1) is 23.1. The Hall–Kier alpha value is -4.86. The van der Waals surface area contributed by atoms with Crippen LogP contribution in [0.4, 0.5) is 0 Å². The van der Waals surface area contributed by atoms with Crippen LogP contribution in [0.1, 0.15) is 69.7 Å².